The minimum absolute atomic E-state index is 0.153. The van der Waals surface area contributed by atoms with E-state index in [-0.39, 0.29) is 11.7 Å². The predicted octanol–water partition coefficient (Wildman–Crippen LogP) is 4.60. The number of carbonyl (C=O) groups excluding carboxylic acids is 1. The van der Waals surface area contributed by atoms with Crippen LogP contribution in [0, 0.1) is 5.82 Å². The molecule has 0 spiro atoms. The maximum absolute atomic E-state index is 13.1. The molecule has 1 aromatic carbocycles. The maximum atomic E-state index is 13.1. The number of pyridine rings is 1. The Morgan fingerprint density at radius 1 is 1.09 bits per heavy atom. The summed E-state index contributed by atoms with van der Waals surface area (Å²) in [6, 6.07) is 9.71. The van der Waals surface area contributed by atoms with Crippen molar-refractivity contribution in [2.75, 3.05) is 11.4 Å². The number of amides is 1. The molecule has 166 valence electrons. The van der Waals surface area contributed by atoms with E-state index in [1.165, 1.54) is 30.3 Å². The number of nitrogens with one attached hydrogen (secondary N) is 1. The van der Waals surface area contributed by atoms with Gasteiger partial charge in [0.1, 0.15) is 11.6 Å². The number of fused-ring (bicyclic) bond motifs is 1. The second-order valence-corrected chi connectivity index (χ2v) is 7.40. The van der Waals surface area contributed by atoms with E-state index in [0.717, 1.165) is 6.20 Å². The molecule has 2 aromatic heterocycles. The summed E-state index contributed by atoms with van der Waals surface area (Å²) in [5.74, 6) is -1.83. The predicted molar refractivity (Wildman–Crippen MR) is 109 cm³/mol. The molecular formula is C22H19F4N5O. The molecule has 1 aliphatic heterocycles. The van der Waals surface area contributed by atoms with Crippen molar-refractivity contribution in [2.45, 2.75) is 32.0 Å². The SMILES string of the molecule is CC(NC(=O)c1ccc(F)cc1)c1ccc2c(n1)CCCN2c1ccnc(C(F)(F)F)n1. The number of aromatic nitrogens is 3. The van der Waals surface area contributed by atoms with Gasteiger partial charge in [-0.25, -0.2) is 14.4 Å². The van der Waals surface area contributed by atoms with Crippen LogP contribution in [0.3, 0.4) is 0 Å². The van der Waals surface area contributed by atoms with E-state index in [4.69, 9.17) is 0 Å². The van der Waals surface area contributed by atoms with Crippen LogP contribution in [0.1, 0.15) is 47.0 Å². The molecule has 0 aliphatic carbocycles. The Morgan fingerprint density at radius 3 is 2.56 bits per heavy atom. The van der Waals surface area contributed by atoms with E-state index >= 15 is 0 Å². The van der Waals surface area contributed by atoms with E-state index in [9.17, 15) is 22.4 Å². The lowest BCUT2D eigenvalue weighted by Gasteiger charge is -2.30. The van der Waals surface area contributed by atoms with Crippen LogP contribution in [0.5, 0.6) is 0 Å². The van der Waals surface area contributed by atoms with Crippen LogP contribution < -0.4 is 10.2 Å². The highest BCUT2D eigenvalue weighted by atomic mass is 19.4. The second-order valence-electron chi connectivity index (χ2n) is 7.40. The first-order chi connectivity index (χ1) is 15.2. The van der Waals surface area contributed by atoms with Gasteiger partial charge in [0, 0.05) is 18.3 Å². The van der Waals surface area contributed by atoms with Gasteiger partial charge < -0.3 is 10.2 Å². The number of rotatable bonds is 4. The molecule has 10 heteroatoms. The molecule has 6 nitrogen and oxygen atoms in total. The van der Waals surface area contributed by atoms with Gasteiger partial charge in [0.2, 0.25) is 5.82 Å². The number of alkyl halides is 3. The molecule has 3 aromatic rings. The molecule has 0 saturated heterocycles. The second kappa shape index (κ2) is 8.52. The van der Waals surface area contributed by atoms with Gasteiger partial charge in [0.15, 0.2) is 0 Å². The largest absolute Gasteiger partial charge is 0.451 e. The third-order valence-electron chi connectivity index (χ3n) is 5.13. The Labute approximate surface area is 181 Å². The highest BCUT2D eigenvalue weighted by molar-refractivity contribution is 5.94. The summed E-state index contributed by atoms with van der Waals surface area (Å²) in [5.41, 5.74) is 2.32. The number of carbonyl (C=O) groups is 1. The fourth-order valence-electron chi connectivity index (χ4n) is 3.54. The molecular weight excluding hydrogens is 426 g/mol. The van der Waals surface area contributed by atoms with Gasteiger partial charge in [-0.1, -0.05) is 0 Å². The zero-order valence-electron chi connectivity index (χ0n) is 17.0. The lowest BCUT2D eigenvalue weighted by atomic mass is 10.1. The molecule has 1 amide bonds. The molecule has 1 aliphatic rings. The molecule has 4 rings (SSSR count). The van der Waals surface area contributed by atoms with E-state index in [2.05, 4.69) is 20.3 Å². The molecule has 1 atom stereocenters. The van der Waals surface area contributed by atoms with E-state index < -0.39 is 23.9 Å². The molecule has 0 saturated carbocycles. The van der Waals surface area contributed by atoms with Gasteiger partial charge in [-0.3, -0.25) is 9.78 Å². The highest BCUT2D eigenvalue weighted by Crippen LogP contribution is 2.34. The third-order valence-corrected chi connectivity index (χ3v) is 5.13. The van der Waals surface area contributed by atoms with Gasteiger partial charge in [0.25, 0.3) is 5.91 Å². The van der Waals surface area contributed by atoms with Gasteiger partial charge in [-0.2, -0.15) is 13.2 Å². The van der Waals surface area contributed by atoms with Crippen molar-refractivity contribution >= 4 is 17.4 Å². The molecule has 0 fully saturated rings. The Kier molecular flexibility index (Phi) is 5.77. The first-order valence-electron chi connectivity index (χ1n) is 9.96. The normalized spacial score (nSPS) is 14.6. The topological polar surface area (TPSA) is 71.0 Å². The number of halogens is 4. The Hall–Kier alpha value is -3.56. The summed E-state index contributed by atoms with van der Waals surface area (Å²) in [6.07, 6.45) is -2.20. The number of aryl methyl sites for hydroxylation is 1. The fourth-order valence-corrected chi connectivity index (χ4v) is 3.54. The van der Waals surface area contributed by atoms with Crippen LogP contribution in [-0.4, -0.2) is 27.4 Å². The van der Waals surface area contributed by atoms with E-state index in [1.807, 2.05) is 0 Å². The molecule has 1 N–H and O–H groups in total. The number of benzene rings is 1. The van der Waals surface area contributed by atoms with Crippen molar-refractivity contribution in [1.82, 2.24) is 20.3 Å². The number of hydrogen-bond donors (Lipinski definition) is 1. The summed E-state index contributed by atoms with van der Waals surface area (Å²) in [5, 5.41) is 2.82. The Bertz CT molecular complexity index is 1130. The zero-order valence-corrected chi connectivity index (χ0v) is 17.0. The Balaban J connectivity index is 1.55. The lowest BCUT2D eigenvalue weighted by Crippen LogP contribution is -2.29. The third kappa shape index (κ3) is 4.53. The quantitative estimate of drug-likeness (QED) is 0.594. The average Bonchev–Trinajstić information content (AvgIpc) is 2.78. The van der Waals surface area contributed by atoms with E-state index in [0.29, 0.717) is 42.0 Å². The smallest absolute Gasteiger partial charge is 0.344 e. The standard InChI is InChI=1S/C22H19F4N5O/c1-13(28-20(32)14-4-6-15(23)7-5-14)16-8-9-18-17(29-16)3-2-12-31(18)19-10-11-27-21(30-19)22(24,25)26/h4-11,13H,2-3,12H2,1H3,(H,28,32). The summed E-state index contributed by atoms with van der Waals surface area (Å²) in [7, 11) is 0. The molecule has 1 unspecified atom stereocenters. The van der Waals surface area contributed by atoms with E-state index in [1.54, 1.807) is 24.0 Å². The first-order valence-corrected chi connectivity index (χ1v) is 9.96. The minimum atomic E-state index is -4.63. The summed E-state index contributed by atoms with van der Waals surface area (Å²) in [4.78, 5) is 25.7. The van der Waals surface area contributed by atoms with Crippen molar-refractivity contribution in [3.63, 3.8) is 0 Å². The maximum Gasteiger partial charge on any atom is 0.451 e. The van der Waals surface area contributed by atoms with Crippen molar-refractivity contribution < 1.29 is 22.4 Å². The van der Waals surface area contributed by atoms with Crippen LogP contribution in [0.4, 0.5) is 29.1 Å². The monoisotopic (exact) mass is 445 g/mol. The van der Waals surface area contributed by atoms with Crippen LogP contribution in [0.15, 0.2) is 48.7 Å². The first kappa shape index (κ1) is 21.7. The number of nitrogens with zero attached hydrogens (tertiary/aromatic N) is 4. The fraction of sp³-hybridized carbons (Fsp3) is 0.273. The number of hydrogen-bond acceptors (Lipinski definition) is 5. The molecule has 0 bridgehead atoms. The van der Waals surface area contributed by atoms with Gasteiger partial charge in [0.05, 0.1) is 23.1 Å². The Morgan fingerprint density at radius 2 is 1.84 bits per heavy atom. The summed E-state index contributed by atoms with van der Waals surface area (Å²) in [6.45, 7) is 2.27. The van der Waals surface area contributed by atoms with Crippen LogP contribution in [0.2, 0.25) is 0 Å². The van der Waals surface area contributed by atoms with Crippen LogP contribution in [-0.2, 0) is 12.6 Å². The highest BCUT2D eigenvalue weighted by Gasteiger charge is 2.35. The summed E-state index contributed by atoms with van der Waals surface area (Å²) >= 11 is 0. The van der Waals surface area contributed by atoms with Gasteiger partial charge >= 0.3 is 6.18 Å². The van der Waals surface area contributed by atoms with Gasteiger partial charge in [-0.15, -0.1) is 0 Å². The number of anilines is 2. The summed E-state index contributed by atoms with van der Waals surface area (Å²) < 4.78 is 52.1. The molecule has 3 heterocycles. The molecule has 0 radical (unpaired) electrons. The average molecular weight is 445 g/mol. The van der Waals surface area contributed by atoms with Crippen molar-refractivity contribution in [3.05, 3.63) is 77.3 Å². The van der Waals surface area contributed by atoms with Crippen molar-refractivity contribution in [3.8, 4) is 0 Å². The van der Waals surface area contributed by atoms with Crippen LogP contribution in [0.25, 0.3) is 0 Å². The van der Waals surface area contributed by atoms with Gasteiger partial charge in [-0.05, 0) is 62.2 Å². The zero-order chi connectivity index (χ0) is 22.9. The van der Waals surface area contributed by atoms with Crippen molar-refractivity contribution in [1.29, 1.82) is 0 Å². The minimum Gasteiger partial charge on any atom is -0.344 e. The van der Waals surface area contributed by atoms with Crippen molar-refractivity contribution in [2.24, 2.45) is 0 Å². The molecule has 32 heavy (non-hydrogen) atoms. The van der Waals surface area contributed by atoms with Crippen LogP contribution >= 0.6 is 0 Å². The lowest BCUT2D eigenvalue weighted by molar-refractivity contribution is -0.144.